The first-order valence-corrected chi connectivity index (χ1v) is 4.10. The zero-order valence-electron chi connectivity index (χ0n) is 8.24. The third kappa shape index (κ3) is 2.13. The third-order valence-corrected chi connectivity index (χ3v) is 1.85. The summed E-state index contributed by atoms with van der Waals surface area (Å²) in [6.07, 6.45) is 0. The molecule has 0 aliphatic heterocycles. The van der Waals surface area contributed by atoms with E-state index >= 15 is 0 Å². The normalized spacial score (nSPS) is 9.29. The molecular weight excluding hydrogens is 180 g/mol. The summed E-state index contributed by atoms with van der Waals surface area (Å²) < 4.78 is 9.59. The lowest BCUT2D eigenvalue weighted by Crippen LogP contribution is -2.02. The molecule has 14 heavy (non-hydrogen) atoms. The molecule has 0 amide bonds. The molecule has 0 heterocycles. The Hall–Kier alpha value is -1.77. The molecule has 1 rings (SSSR count). The summed E-state index contributed by atoms with van der Waals surface area (Å²) in [4.78, 5) is 11.1. The van der Waals surface area contributed by atoms with Crippen LogP contribution >= 0.6 is 0 Å². The summed E-state index contributed by atoms with van der Waals surface area (Å²) >= 11 is 0. The van der Waals surface area contributed by atoms with Gasteiger partial charge in [0, 0.05) is 0 Å². The molecule has 0 unspecified atom stereocenters. The van der Waals surface area contributed by atoms with Gasteiger partial charge in [0.2, 0.25) is 0 Å². The van der Waals surface area contributed by atoms with Gasteiger partial charge in [0.1, 0.15) is 5.75 Å². The van der Waals surface area contributed by atoms with E-state index in [0.717, 1.165) is 0 Å². The van der Waals surface area contributed by atoms with Crippen LogP contribution in [0.4, 0.5) is 0 Å². The van der Waals surface area contributed by atoms with Crippen LogP contribution in [0.15, 0.2) is 30.8 Å². The van der Waals surface area contributed by atoms with Crippen molar-refractivity contribution in [3.8, 4) is 5.75 Å². The van der Waals surface area contributed by atoms with Gasteiger partial charge in [-0.1, -0.05) is 18.7 Å². The quantitative estimate of drug-likeness (QED) is 0.542. The SMILES string of the molecule is C=C(C(=O)OC)c1cccc(OC)c1. The molecule has 0 radical (unpaired) electrons. The molecule has 0 aliphatic carbocycles. The topological polar surface area (TPSA) is 35.5 Å². The van der Waals surface area contributed by atoms with Gasteiger partial charge in [0.15, 0.2) is 0 Å². The van der Waals surface area contributed by atoms with Crippen molar-refractivity contribution in [1.29, 1.82) is 0 Å². The van der Waals surface area contributed by atoms with Crippen molar-refractivity contribution in [3.05, 3.63) is 36.4 Å². The minimum Gasteiger partial charge on any atom is -0.497 e. The van der Waals surface area contributed by atoms with Gasteiger partial charge in [0.25, 0.3) is 0 Å². The Morgan fingerprint density at radius 1 is 1.36 bits per heavy atom. The van der Waals surface area contributed by atoms with Crippen LogP contribution < -0.4 is 4.74 Å². The summed E-state index contributed by atoms with van der Waals surface area (Å²) in [7, 11) is 2.90. The molecular formula is C11H12O3. The van der Waals surface area contributed by atoms with E-state index in [1.54, 1.807) is 31.4 Å². The molecule has 3 nitrogen and oxygen atoms in total. The second kappa shape index (κ2) is 4.46. The van der Waals surface area contributed by atoms with Gasteiger partial charge in [-0.2, -0.15) is 0 Å². The maximum absolute atomic E-state index is 11.1. The highest BCUT2D eigenvalue weighted by molar-refractivity contribution is 6.15. The second-order valence-corrected chi connectivity index (χ2v) is 2.70. The molecule has 1 aromatic carbocycles. The average molecular weight is 192 g/mol. The van der Waals surface area contributed by atoms with Crippen LogP contribution in [-0.4, -0.2) is 20.2 Å². The molecule has 0 spiro atoms. The monoisotopic (exact) mass is 192 g/mol. The van der Waals surface area contributed by atoms with Crippen molar-refractivity contribution in [1.82, 2.24) is 0 Å². The minimum atomic E-state index is -0.432. The highest BCUT2D eigenvalue weighted by Gasteiger charge is 2.09. The lowest BCUT2D eigenvalue weighted by molar-refractivity contribution is -0.133. The first kappa shape index (κ1) is 10.3. The fourth-order valence-corrected chi connectivity index (χ4v) is 1.05. The summed E-state index contributed by atoms with van der Waals surface area (Å²) in [5, 5.41) is 0. The number of esters is 1. The Labute approximate surface area is 83.0 Å². The van der Waals surface area contributed by atoms with Crippen LogP contribution in [0.1, 0.15) is 5.56 Å². The van der Waals surface area contributed by atoms with Gasteiger partial charge < -0.3 is 9.47 Å². The van der Waals surface area contributed by atoms with E-state index in [-0.39, 0.29) is 0 Å². The lowest BCUT2D eigenvalue weighted by atomic mass is 10.1. The molecule has 3 heteroatoms. The average Bonchev–Trinajstić information content (AvgIpc) is 2.27. The van der Waals surface area contributed by atoms with Gasteiger partial charge >= 0.3 is 5.97 Å². The molecule has 0 aliphatic rings. The Morgan fingerprint density at radius 2 is 2.07 bits per heavy atom. The van der Waals surface area contributed by atoms with Crippen LogP contribution in [0.5, 0.6) is 5.75 Å². The first-order valence-electron chi connectivity index (χ1n) is 4.10. The van der Waals surface area contributed by atoms with Crippen LogP contribution in [0.2, 0.25) is 0 Å². The van der Waals surface area contributed by atoms with Crippen molar-refractivity contribution in [2.45, 2.75) is 0 Å². The highest BCUT2D eigenvalue weighted by Crippen LogP contribution is 2.19. The number of benzene rings is 1. The standard InChI is InChI=1S/C11H12O3/c1-8(11(12)14-3)9-5-4-6-10(7-9)13-2/h4-7H,1H2,2-3H3. The highest BCUT2D eigenvalue weighted by atomic mass is 16.5. The zero-order valence-corrected chi connectivity index (χ0v) is 8.24. The number of hydrogen-bond acceptors (Lipinski definition) is 3. The number of hydrogen-bond donors (Lipinski definition) is 0. The molecule has 1 aromatic rings. The van der Waals surface area contributed by atoms with Gasteiger partial charge in [-0.05, 0) is 17.7 Å². The van der Waals surface area contributed by atoms with E-state index in [0.29, 0.717) is 16.9 Å². The van der Waals surface area contributed by atoms with Crippen LogP contribution in [-0.2, 0) is 9.53 Å². The van der Waals surface area contributed by atoms with E-state index in [1.165, 1.54) is 7.11 Å². The lowest BCUT2D eigenvalue weighted by Gasteiger charge is -2.05. The zero-order chi connectivity index (χ0) is 10.6. The van der Waals surface area contributed by atoms with E-state index < -0.39 is 5.97 Å². The maximum atomic E-state index is 11.1. The molecule has 74 valence electrons. The Bertz CT molecular complexity index is 355. The molecule has 0 aromatic heterocycles. The number of ether oxygens (including phenoxy) is 2. The van der Waals surface area contributed by atoms with Crippen molar-refractivity contribution < 1.29 is 14.3 Å². The Balaban J connectivity index is 2.95. The van der Waals surface area contributed by atoms with Gasteiger partial charge in [-0.25, -0.2) is 4.79 Å². The van der Waals surface area contributed by atoms with Crippen molar-refractivity contribution in [2.75, 3.05) is 14.2 Å². The van der Waals surface area contributed by atoms with E-state index in [9.17, 15) is 4.79 Å². The predicted molar refractivity (Wildman–Crippen MR) is 54.0 cm³/mol. The summed E-state index contributed by atoms with van der Waals surface area (Å²) in [5.41, 5.74) is 1.03. The Kier molecular flexibility index (Phi) is 3.29. The number of carbonyl (C=O) groups is 1. The molecule has 0 bridgehead atoms. The predicted octanol–water partition coefficient (Wildman–Crippen LogP) is 1.88. The van der Waals surface area contributed by atoms with Crippen LogP contribution in [0.3, 0.4) is 0 Å². The fourth-order valence-electron chi connectivity index (χ4n) is 1.05. The molecule has 0 atom stereocenters. The summed E-state index contributed by atoms with van der Waals surface area (Å²) in [6, 6.07) is 7.11. The molecule has 0 saturated carbocycles. The molecule has 0 fully saturated rings. The van der Waals surface area contributed by atoms with Gasteiger partial charge in [-0.3, -0.25) is 0 Å². The smallest absolute Gasteiger partial charge is 0.337 e. The first-order chi connectivity index (χ1) is 6.69. The second-order valence-electron chi connectivity index (χ2n) is 2.70. The third-order valence-electron chi connectivity index (χ3n) is 1.85. The number of methoxy groups -OCH3 is 2. The van der Waals surface area contributed by atoms with E-state index in [4.69, 9.17) is 4.74 Å². The maximum Gasteiger partial charge on any atom is 0.337 e. The van der Waals surface area contributed by atoms with E-state index in [2.05, 4.69) is 11.3 Å². The van der Waals surface area contributed by atoms with Crippen molar-refractivity contribution in [2.24, 2.45) is 0 Å². The van der Waals surface area contributed by atoms with Crippen molar-refractivity contribution in [3.63, 3.8) is 0 Å². The fraction of sp³-hybridized carbons (Fsp3) is 0.182. The number of carbonyl (C=O) groups excluding carboxylic acids is 1. The summed E-state index contributed by atoms with van der Waals surface area (Å²) in [5.74, 6) is 0.255. The van der Waals surface area contributed by atoms with Gasteiger partial charge in [0.05, 0.1) is 19.8 Å². The molecule has 0 saturated heterocycles. The summed E-state index contributed by atoms with van der Waals surface area (Å²) in [6.45, 7) is 3.64. The van der Waals surface area contributed by atoms with Crippen LogP contribution in [0, 0.1) is 0 Å². The largest absolute Gasteiger partial charge is 0.497 e. The molecule has 0 N–H and O–H groups in total. The number of rotatable bonds is 3. The van der Waals surface area contributed by atoms with Crippen LogP contribution in [0.25, 0.3) is 5.57 Å². The Morgan fingerprint density at radius 3 is 2.64 bits per heavy atom. The van der Waals surface area contributed by atoms with Gasteiger partial charge in [-0.15, -0.1) is 0 Å². The minimum absolute atomic E-state index is 0.325. The van der Waals surface area contributed by atoms with E-state index in [1.807, 2.05) is 0 Å². The van der Waals surface area contributed by atoms with Crippen molar-refractivity contribution >= 4 is 11.5 Å².